The van der Waals surface area contributed by atoms with Crippen molar-refractivity contribution < 1.29 is 17.7 Å². The maximum absolute atomic E-state index is 11.5. The van der Waals surface area contributed by atoms with E-state index < -0.39 is 10.0 Å². The highest BCUT2D eigenvalue weighted by Gasteiger charge is 2.26. The van der Waals surface area contributed by atoms with Gasteiger partial charge in [-0.1, -0.05) is 19.0 Å². The summed E-state index contributed by atoms with van der Waals surface area (Å²) in [5, 5.41) is 3.86. The van der Waals surface area contributed by atoms with E-state index in [1.54, 1.807) is 0 Å². The fourth-order valence-electron chi connectivity index (χ4n) is 2.09. The van der Waals surface area contributed by atoms with Gasteiger partial charge in [-0.3, -0.25) is 0 Å². The fraction of sp³-hybridized carbons (Fsp3) is 0.833. The van der Waals surface area contributed by atoms with Crippen molar-refractivity contribution in [3.8, 4) is 0 Å². The van der Waals surface area contributed by atoms with Gasteiger partial charge in [0, 0.05) is 19.0 Å². The van der Waals surface area contributed by atoms with Crippen molar-refractivity contribution in [2.75, 3.05) is 19.3 Å². The quantitative estimate of drug-likeness (QED) is 0.810. The Morgan fingerprint density at radius 2 is 2.25 bits per heavy atom. The normalized spacial score (nSPS) is 21.5. The molecule has 0 aliphatic carbocycles. The minimum absolute atomic E-state index is 0.118. The zero-order chi connectivity index (χ0) is 14.8. The van der Waals surface area contributed by atoms with Crippen LogP contribution in [-0.2, 0) is 21.4 Å². The van der Waals surface area contributed by atoms with Crippen molar-refractivity contribution in [2.45, 2.75) is 45.3 Å². The average molecular weight is 303 g/mol. The Hall–Kier alpha value is -0.990. The predicted octanol–water partition coefficient (Wildman–Crippen LogP) is 1.13. The summed E-state index contributed by atoms with van der Waals surface area (Å²) in [6, 6.07) is 0. The molecule has 7 nitrogen and oxygen atoms in total. The number of rotatable bonds is 5. The van der Waals surface area contributed by atoms with E-state index in [0.717, 1.165) is 12.8 Å². The molecule has 2 heterocycles. The van der Waals surface area contributed by atoms with E-state index in [-0.39, 0.29) is 18.6 Å². The van der Waals surface area contributed by atoms with Crippen molar-refractivity contribution in [1.82, 2.24) is 14.4 Å². The second-order valence-electron chi connectivity index (χ2n) is 5.40. The van der Waals surface area contributed by atoms with E-state index in [4.69, 9.17) is 9.26 Å². The molecule has 114 valence electrons. The van der Waals surface area contributed by atoms with Gasteiger partial charge in [-0.25, -0.2) is 8.42 Å². The van der Waals surface area contributed by atoms with Crippen LogP contribution >= 0.6 is 0 Å². The van der Waals surface area contributed by atoms with Crippen LogP contribution in [0.1, 0.15) is 44.3 Å². The molecule has 0 saturated carbocycles. The zero-order valence-corrected chi connectivity index (χ0v) is 12.9. The van der Waals surface area contributed by atoms with Gasteiger partial charge >= 0.3 is 0 Å². The molecule has 1 aliphatic heterocycles. The maximum Gasteiger partial charge on any atom is 0.252 e. The van der Waals surface area contributed by atoms with Crippen LogP contribution < -0.4 is 0 Å². The zero-order valence-electron chi connectivity index (χ0n) is 12.1. The molecule has 0 spiro atoms. The van der Waals surface area contributed by atoms with Crippen LogP contribution in [0.25, 0.3) is 0 Å². The molecule has 1 fully saturated rings. The molecule has 1 saturated heterocycles. The van der Waals surface area contributed by atoms with E-state index in [1.807, 2.05) is 13.8 Å². The van der Waals surface area contributed by atoms with Crippen LogP contribution in [-0.4, -0.2) is 48.3 Å². The van der Waals surface area contributed by atoms with Crippen molar-refractivity contribution in [3.63, 3.8) is 0 Å². The van der Waals surface area contributed by atoms with Gasteiger partial charge in [0.2, 0.25) is 10.0 Å². The van der Waals surface area contributed by atoms with Crippen LogP contribution in [0.2, 0.25) is 0 Å². The van der Waals surface area contributed by atoms with Gasteiger partial charge in [-0.2, -0.15) is 9.29 Å². The SMILES string of the molecule is CC(C)c1noc(CO[C@H]2CCCN(S(C)(=O)=O)C2)n1. The molecular formula is C12H21N3O4S. The second-order valence-corrected chi connectivity index (χ2v) is 7.38. The van der Waals surface area contributed by atoms with E-state index in [0.29, 0.717) is 24.8 Å². The largest absolute Gasteiger partial charge is 0.367 e. The molecule has 2 rings (SSSR count). The molecule has 0 unspecified atom stereocenters. The monoisotopic (exact) mass is 303 g/mol. The number of nitrogens with zero attached hydrogens (tertiary/aromatic N) is 3. The van der Waals surface area contributed by atoms with Gasteiger partial charge in [0.05, 0.1) is 12.4 Å². The van der Waals surface area contributed by atoms with Crippen LogP contribution in [0.3, 0.4) is 0 Å². The van der Waals surface area contributed by atoms with Crippen LogP contribution in [0.15, 0.2) is 4.52 Å². The third-order valence-electron chi connectivity index (χ3n) is 3.25. The number of hydrogen-bond acceptors (Lipinski definition) is 6. The molecule has 20 heavy (non-hydrogen) atoms. The van der Waals surface area contributed by atoms with E-state index in [2.05, 4.69) is 10.1 Å². The first-order valence-corrected chi connectivity index (χ1v) is 8.60. The van der Waals surface area contributed by atoms with Gasteiger partial charge < -0.3 is 9.26 Å². The number of ether oxygens (including phenoxy) is 1. The Kier molecular flexibility index (Phi) is 4.77. The molecule has 1 atom stereocenters. The summed E-state index contributed by atoms with van der Waals surface area (Å²) < 4.78 is 35.3. The van der Waals surface area contributed by atoms with Crippen LogP contribution in [0.4, 0.5) is 0 Å². The lowest BCUT2D eigenvalue weighted by Gasteiger charge is -2.30. The lowest BCUT2D eigenvalue weighted by Crippen LogP contribution is -2.42. The van der Waals surface area contributed by atoms with E-state index >= 15 is 0 Å². The lowest BCUT2D eigenvalue weighted by molar-refractivity contribution is -0.00284. The number of hydrogen-bond donors (Lipinski definition) is 0. The highest BCUT2D eigenvalue weighted by Crippen LogP contribution is 2.17. The summed E-state index contributed by atoms with van der Waals surface area (Å²) in [5.41, 5.74) is 0. The second kappa shape index (κ2) is 6.19. The molecular weight excluding hydrogens is 282 g/mol. The minimum atomic E-state index is -3.15. The molecule has 0 aromatic carbocycles. The molecule has 1 aromatic rings. The van der Waals surface area contributed by atoms with E-state index in [1.165, 1.54) is 10.6 Å². The van der Waals surface area contributed by atoms with Gasteiger partial charge in [-0.05, 0) is 12.8 Å². The lowest BCUT2D eigenvalue weighted by atomic mass is 10.1. The molecule has 1 aromatic heterocycles. The number of aromatic nitrogens is 2. The average Bonchev–Trinajstić information content (AvgIpc) is 2.85. The Bertz CT molecular complexity index is 541. The third-order valence-corrected chi connectivity index (χ3v) is 4.52. The van der Waals surface area contributed by atoms with E-state index in [9.17, 15) is 8.42 Å². The number of piperidine rings is 1. The molecule has 8 heteroatoms. The van der Waals surface area contributed by atoms with Crippen LogP contribution in [0, 0.1) is 0 Å². The first-order chi connectivity index (χ1) is 9.36. The summed E-state index contributed by atoms with van der Waals surface area (Å²) in [4.78, 5) is 4.23. The van der Waals surface area contributed by atoms with Crippen molar-refractivity contribution in [1.29, 1.82) is 0 Å². The van der Waals surface area contributed by atoms with Gasteiger partial charge in [0.15, 0.2) is 5.82 Å². The predicted molar refractivity (Wildman–Crippen MR) is 72.6 cm³/mol. The molecule has 0 N–H and O–H groups in total. The number of sulfonamides is 1. The van der Waals surface area contributed by atoms with Gasteiger partial charge in [0.1, 0.15) is 6.61 Å². The molecule has 1 aliphatic rings. The summed E-state index contributed by atoms with van der Waals surface area (Å²) in [6.45, 7) is 5.16. The van der Waals surface area contributed by atoms with Gasteiger partial charge in [-0.15, -0.1) is 0 Å². The topological polar surface area (TPSA) is 85.5 Å². The summed E-state index contributed by atoms with van der Waals surface area (Å²) >= 11 is 0. The first-order valence-electron chi connectivity index (χ1n) is 6.75. The highest BCUT2D eigenvalue weighted by molar-refractivity contribution is 7.88. The fourth-order valence-corrected chi connectivity index (χ4v) is 2.99. The Labute approximate surface area is 119 Å². The standard InChI is InChI=1S/C12H21N3O4S/c1-9(2)12-13-11(19-14-12)8-18-10-5-4-6-15(7-10)20(3,16)17/h9-10H,4-8H2,1-3H3/t10-/m0/s1. The van der Waals surface area contributed by atoms with Crippen molar-refractivity contribution in [2.24, 2.45) is 0 Å². The van der Waals surface area contributed by atoms with Gasteiger partial charge in [0.25, 0.3) is 5.89 Å². The summed E-state index contributed by atoms with van der Waals surface area (Å²) in [7, 11) is -3.15. The van der Waals surface area contributed by atoms with Crippen molar-refractivity contribution in [3.05, 3.63) is 11.7 Å². The third kappa shape index (κ3) is 4.00. The first kappa shape index (κ1) is 15.4. The Balaban J connectivity index is 1.87. The van der Waals surface area contributed by atoms with Crippen molar-refractivity contribution >= 4 is 10.0 Å². The smallest absolute Gasteiger partial charge is 0.252 e. The maximum atomic E-state index is 11.5. The molecule has 0 bridgehead atoms. The Morgan fingerprint density at radius 3 is 2.85 bits per heavy atom. The summed E-state index contributed by atoms with van der Waals surface area (Å²) in [5.74, 6) is 1.30. The highest BCUT2D eigenvalue weighted by atomic mass is 32.2. The summed E-state index contributed by atoms with van der Waals surface area (Å²) in [6.07, 6.45) is 2.76. The molecule has 0 radical (unpaired) electrons. The molecule has 0 amide bonds. The minimum Gasteiger partial charge on any atom is -0.367 e. The Morgan fingerprint density at radius 1 is 1.50 bits per heavy atom. The van der Waals surface area contributed by atoms with Crippen LogP contribution in [0.5, 0.6) is 0 Å².